The molecule has 0 aliphatic heterocycles. The van der Waals surface area contributed by atoms with Crippen molar-refractivity contribution in [3.63, 3.8) is 0 Å². The van der Waals surface area contributed by atoms with E-state index in [0.717, 1.165) is 30.5 Å². The van der Waals surface area contributed by atoms with E-state index < -0.39 is 5.97 Å². The van der Waals surface area contributed by atoms with Crippen LogP contribution < -0.4 is 5.32 Å². The number of nitrogens with zero attached hydrogens (tertiary/aromatic N) is 1. The Morgan fingerprint density at radius 1 is 1.32 bits per heavy atom. The van der Waals surface area contributed by atoms with Gasteiger partial charge in [-0.25, -0.2) is 9.78 Å². The zero-order valence-electron chi connectivity index (χ0n) is 12.7. The van der Waals surface area contributed by atoms with Gasteiger partial charge in [0.15, 0.2) is 5.69 Å². The van der Waals surface area contributed by atoms with E-state index in [-0.39, 0.29) is 10.7 Å². The van der Waals surface area contributed by atoms with Crippen LogP contribution in [0, 0.1) is 6.92 Å². The van der Waals surface area contributed by atoms with Gasteiger partial charge in [0.1, 0.15) is 0 Å². The lowest BCUT2D eigenvalue weighted by molar-refractivity contribution is 0.0691. The minimum atomic E-state index is -1.13. The number of pyridine rings is 1. The average molecular weight is 319 g/mol. The molecule has 5 heteroatoms. The fourth-order valence-electron chi connectivity index (χ4n) is 2.07. The minimum absolute atomic E-state index is 0.126. The number of aryl methyl sites for hydroxylation is 1. The predicted octanol–water partition coefficient (Wildman–Crippen LogP) is 4.62. The Morgan fingerprint density at radius 2 is 2.00 bits per heavy atom. The number of hydrogen-bond acceptors (Lipinski definition) is 3. The lowest BCUT2D eigenvalue weighted by atomic mass is 10.1. The molecule has 1 aromatic carbocycles. The first-order valence-corrected chi connectivity index (χ1v) is 7.65. The molecule has 0 radical (unpaired) electrons. The van der Waals surface area contributed by atoms with Crippen LogP contribution in [0.25, 0.3) is 11.3 Å². The quantitative estimate of drug-likeness (QED) is 0.763. The zero-order chi connectivity index (χ0) is 16.1. The van der Waals surface area contributed by atoms with E-state index in [1.54, 1.807) is 6.07 Å². The van der Waals surface area contributed by atoms with Crippen LogP contribution in [0.5, 0.6) is 0 Å². The van der Waals surface area contributed by atoms with Gasteiger partial charge in [0.05, 0.1) is 16.4 Å². The molecule has 2 rings (SSSR count). The second-order valence-corrected chi connectivity index (χ2v) is 5.55. The standard InChI is InChI=1S/C17H19ClN2O2/c1-3-4-9-19-14-10-13(12-7-5-11(2)6-8-12)20-16(15(14)18)17(21)22/h5-8,10H,3-4,9H2,1-2H3,(H,19,20)(H,21,22). The summed E-state index contributed by atoms with van der Waals surface area (Å²) in [6.45, 7) is 4.84. The van der Waals surface area contributed by atoms with Crippen molar-refractivity contribution in [1.82, 2.24) is 4.98 Å². The molecule has 4 nitrogen and oxygen atoms in total. The Balaban J connectivity index is 2.45. The van der Waals surface area contributed by atoms with Crippen molar-refractivity contribution in [2.24, 2.45) is 0 Å². The Labute approximate surface area is 135 Å². The maximum Gasteiger partial charge on any atom is 0.356 e. The average Bonchev–Trinajstić information content (AvgIpc) is 2.49. The minimum Gasteiger partial charge on any atom is -0.476 e. The molecule has 0 atom stereocenters. The number of carbonyl (C=O) groups is 1. The van der Waals surface area contributed by atoms with Crippen LogP contribution in [-0.2, 0) is 0 Å². The van der Waals surface area contributed by atoms with E-state index >= 15 is 0 Å². The molecule has 2 N–H and O–H groups in total. The molecule has 0 spiro atoms. The van der Waals surface area contributed by atoms with E-state index in [0.29, 0.717) is 11.4 Å². The van der Waals surface area contributed by atoms with Crippen molar-refractivity contribution in [3.8, 4) is 11.3 Å². The molecule has 0 aliphatic carbocycles. The summed E-state index contributed by atoms with van der Waals surface area (Å²) in [6, 6.07) is 9.58. The molecule has 0 aliphatic rings. The van der Waals surface area contributed by atoms with Crippen LogP contribution in [0.15, 0.2) is 30.3 Å². The molecule has 22 heavy (non-hydrogen) atoms. The SMILES string of the molecule is CCCCNc1cc(-c2ccc(C)cc2)nc(C(=O)O)c1Cl. The van der Waals surface area contributed by atoms with Gasteiger partial charge < -0.3 is 10.4 Å². The maximum atomic E-state index is 11.4. The number of halogens is 1. The summed E-state index contributed by atoms with van der Waals surface area (Å²) in [7, 11) is 0. The first kappa shape index (κ1) is 16.3. The summed E-state index contributed by atoms with van der Waals surface area (Å²) < 4.78 is 0. The van der Waals surface area contributed by atoms with Crippen LogP contribution >= 0.6 is 11.6 Å². The third kappa shape index (κ3) is 3.77. The van der Waals surface area contributed by atoms with Crippen molar-refractivity contribution in [1.29, 1.82) is 0 Å². The summed E-state index contributed by atoms with van der Waals surface area (Å²) in [6.07, 6.45) is 2.03. The van der Waals surface area contributed by atoms with Gasteiger partial charge >= 0.3 is 5.97 Å². The van der Waals surface area contributed by atoms with E-state index in [9.17, 15) is 9.90 Å². The monoisotopic (exact) mass is 318 g/mol. The van der Waals surface area contributed by atoms with Crippen molar-refractivity contribution in [3.05, 3.63) is 46.6 Å². The first-order valence-electron chi connectivity index (χ1n) is 7.27. The molecule has 0 saturated heterocycles. The molecule has 0 saturated carbocycles. The lowest BCUT2D eigenvalue weighted by Crippen LogP contribution is -2.08. The topological polar surface area (TPSA) is 62.2 Å². The fraction of sp³-hybridized carbons (Fsp3) is 0.294. The molecule has 0 bridgehead atoms. The highest BCUT2D eigenvalue weighted by Crippen LogP contribution is 2.30. The van der Waals surface area contributed by atoms with Crippen molar-refractivity contribution in [2.45, 2.75) is 26.7 Å². The number of carboxylic acid groups (broad SMARTS) is 1. The molecule has 1 heterocycles. The normalized spacial score (nSPS) is 10.5. The van der Waals surface area contributed by atoms with E-state index in [1.807, 2.05) is 31.2 Å². The van der Waals surface area contributed by atoms with E-state index in [2.05, 4.69) is 17.2 Å². The number of hydrogen-bond donors (Lipinski definition) is 2. The van der Waals surface area contributed by atoms with Gasteiger partial charge in [0.25, 0.3) is 0 Å². The first-order chi connectivity index (χ1) is 10.5. The van der Waals surface area contributed by atoms with Gasteiger partial charge in [-0.05, 0) is 19.4 Å². The number of nitrogens with one attached hydrogen (secondary N) is 1. The van der Waals surface area contributed by atoms with Crippen LogP contribution in [0.2, 0.25) is 5.02 Å². The highest BCUT2D eigenvalue weighted by Gasteiger charge is 2.17. The predicted molar refractivity (Wildman–Crippen MR) is 89.8 cm³/mol. The van der Waals surface area contributed by atoms with Crippen LogP contribution in [0.4, 0.5) is 5.69 Å². The largest absolute Gasteiger partial charge is 0.476 e. The number of benzene rings is 1. The van der Waals surface area contributed by atoms with Gasteiger partial charge in [-0.15, -0.1) is 0 Å². The smallest absolute Gasteiger partial charge is 0.356 e. The Hall–Kier alpha value is -2.07. The van der Waals surface area contributed by atoms with E-state index in [4.69, 9.17) is 11.6 Å². The second-order valence-electron chi connectivity index (χ2n) is 5.17. The molecule has 2 aromatic rings. The van der Waals surface area contributed by atoms with Gasteiger partial charge in [0.2, 0.25) is 0 Å². The molecule has 116 valence electrons. The fourth-order valence-corrected chi connectivity index (χ4v) is 2.32. The number of anilines is 1. The van der Waals surface area contributed by atoms with E-state index in [1.165, 1.54) is 0 Å². The summed E-state index contributed by atoms with van der Waals surface area (Å²) in [5, 5.41) is 12.7. The van der Waals surface area contributed by atoms with Gasteiger partial charge in [-0.3, -0.25) is 0 Å². The number of carboxylic acids is 1. The summed E-state index contributed by atoms with van der Waals surface area (Å²) >= 11 is 6.16. The summed E-state index contributed by atoms with van der Waals surface area (Å²) in [4.78, 5) is 15.6. The highest BCUT2D eigenvalue weighted by molar-refractivity contribution is 6.35. The third-order valence-electron chi connectivity index (χ3n) is 3.35. The molecule has 0 fully saturated rings. The molecule has 0 unspecified atom stereocenters. The van der Waals surface area contributed by atoms with Gasteiger partial charge in [-0.1, -0.05) is 54.8 Å². The number of rotatable bonds is 6. The summed E-state index contributed by atoms with van der Waals surface area (Å²) in [5.74, 6) is -1.13. The molecular weight excluding hydrogens is 300 g/mol. The van der Waals surface area contributed by atoms with Crippen molar-refractivity contribution < 1.29 is 9.90 Å². The maximum absolute atomic E-state index is 11.4. The second kappa shape index (κ2) is 7.27. The zero-order valence-corrected chi connectivity index (χ0v) is 13.4. The van der Waals surface area contributed by atoms with Crippen molar-refractivity contribution in [2.75, 3.05) is 11.9 Å². The Bertz CT molecular complexity index is 669. The number of unbranched alkanes of at least 4 members (excludes halogenated alkanes) is 1. The highest BCUT2D eigenvalue weighted by atomic mass is 35.5. The molecule has 0 amide bonds. The van der Waals surface area contributed by atoms with Crippen molar-refractivity contribution >= 4 is 23.3 Å². The Morgan fingerprint density at radius 3 is 2.59 bits per heavy atom. The summed E-state index contributed by atoms with van der Waals surface area (Å²) in [5.41, 5.74) is 3.08. The van der Waals surface area contributed by atoms with Gasteiger partial charge in [-0.2, -0.15) is 0 Å². The van der Waals surface area contributed by atoms with Crippen LogP contribution in [0.3, 0.4) is 0 Å². The van der Waals surface area contributed by atoms with Crippen LogP contribution in [-0.4, -0.2) is 22.6 Å². The lowest BCUT2D eigenvalue weighted by Gasteiger charge is -2.12. The number of aromatic nitrogens is 1. The number of aromatic carboxylic acids is 1. The Kier molecular flexibility index (Phi) is 5.39. The molecular formula is C17H19ClN2O2. The molecule has 1 aromatic heterocycles. The van der Waals surface area contributed by atoms with Gasteiger partial charge in [0, 0.05) is 12.1 Å². The third-order valence-corrected chi connectivity index (χ3v) is 3.74. The van der Waals surface area contributed by atoms with Crippen LogP contribution in [0.1, 0.15) is 35.8 Å².